The Kier molecular flexibility index (Phi) is 6.17. The van der Waals surface area contributed by atoms with Gasteiger partial charge in [-0.25, -0.2) is 0 Å². The van der Waals surface area contributed by atoms with Gasteiger partial charge in [0, 0.05) is 17.5 Å². The third kappa shape index (κ3) is 4.24. The van der Waals surface area contributed by atoms with E-state index in [1.54, 1.807) is 14.2 Å². The Balaban J connectivity index is 1.62. The molecule has 3 aromatic rings. The van der Waals surface area contributed by atoms with Crippen molar-refractivity contribution in [3.05, 3.63) is 95.6 Å². The molecule has 3 aromatic carbocycles. The molecule has 1 aliphatic rings. The first-order valence-corrected chi connectivity index (χ1v) is 10.5. The monoisotopic (exact) mass is 416 g/mol. The van der Waals surface area contributed by atoms with E-state index in [2.05, 4.69) is 31.7 Å². The first-order valence-electron chi connectivity index (χ1n) is 10.5. The highest BCUT2D eigenvalue weighted by molar-refractivity contribution is 5.53. The van der Waals surface area contributed by atoms with Crippen molar-refractivity contribution in [2.75, 3.05) is 14.2 Å². The number of benzene rings is 3. The van der Waals surface area contributed by atoms with Crippen molar-refractivity contribution in [2.45, 2.75) is 32.0 Å². The molecule has 0 saturated heterocycles. The van der Waals surface area contributed by atoms with Crippen molar-refractivity contribution in [1.82, 2.24) is 0 Å². The highest BCUT2D eigenvalue weighted by atomic mass is 16.5. The molecular weight excluding hydrogens is 388 g/mol. The molecule has 0 bridgehead atoms. The van der Waals surface area contributed by atoms with Gasteiger partial charge in [-0.05, 0) is 41.3 Å². The van der Waals surface area contributed by atoms with E-state index in [0.717, 1.165) is 34.6 Å². The number of hydrogen-bond acceptors (Lipinski definition) is 4. The van der Waals surface area contributed by atoms with Crippen LogP contribution in [-0.4, -0.2) is 14.2 Å². The number of hydrogen-bond donors (Lipinski definition) is 0. The molecule has 0 aromatic heterocycles. The summed E-state index contributed by atoms with van der Waals surface area (Å²) >= 11 is 0. The van der Waals surface area contributed by atoms with E-state index in [0.29, 0.717) is 18.1 Å². The molecule has 160 valence electrons. The van der Waals surface area contributed by atoms with Crippen molar-refractivity contribution < 1.29 is 18.9 Å². The van der Waals surface area contributed by atoms with Gasteiger partial charge in [-0.2, -0.15) is 0 Å². The summed E-state index contributed by atoms with van der Waals surface area (Å²) in [5, 5.41) is 0. The molecule has 0 fully saturated rings. The Morgan fingerprint density at radius 3 is 2.42 bits per heavy atom. The van der Waals surface area contributed by atoms with Gasteiger partial charge in [-0.1, -0.05) is 49.4 Å². The van der Waals surface area contributed by atoms with E-state index in [9.17, 15) is 0 Å². The Morgan fingerprint density at radius 2 is 1.71 bits per heavy atom. The molecule has 0 radical (unpaired) electrons. The quantitative estimate of drug-likeness (QED) is 0.407. The highest BCUT2D eigenvalue weighted by Gasteiger charge is 2.34. The van der Waals surface area contributed by atoms with Crippen LogP contribution in [0, 0.1) is 0 Å². The van der Waals surface area contributed by atoms with Crippen LogP contribution in [0.5, 0.6) is 23.0 Å². The Hall–Kier alpha value is -3.40. The van der Waals surface area contributed by atoms with Crippen LogP contribution in [-0.2, 0) is 13.0 Å². The third-order valence-electron chi connectivity index (χ3n) is 5.73. The maximum Gasteiger partial charge on any atom is 0.161 e. The fourth-order valence-electron chi connectivity index (χ4n) is 4.06. The predicted molar refractivity (Wildman–Crippen MR) is 122 cm³/mol. The first kappa shape index (κ1) is 20.9. The van der Waals surface area contributed by atoms with Gasteiger partial charge in [-0.3, -0.25) is 0 Å². The van der Waals surface area contributed by atoms with Gasteiger partial charge in [0.25, 0.3) is 0 Å². The average Bonchev–Trinajstić information content (AvgIpc) is 3.13. The lowest BCUT2D eigenvalue weighted by atomic mass is 9.91. The van der Waals surface area contributed by atoms with E-state index in [-0.39, 0.29) is 12.0 Å². The van der Waals surface area contributed by atoms with E-state index in [1.165, 1.54) is 5.56 Å². The minimum absolute atomic E-state index is 0.101. The Bertz CT molecular complexity index is 1060. The lowest BCUT2D eigenvalue weighted by molar-refractivity contribution is 0.214. The van der Waals surface area contributed by atoms with Gasteiger partial charge < -0.3 is 18.9 Å². The summed E-state index contributed by atoms with van der Waals surface area (Å²) in [6.07, 6.45) is 2.55. The van der Waals surface area contributed by atoms with Crippen LogP contribution >= 0.6 is 0 Å². The van der Waals surface area contributed by atoms with Gasteiger partial charge in [0.05, 0.1) is 14.2 Å². The lowest BCUT2D eigenvalue weighted by Crippen LogP contribution is -2.07. The topological polar surface area (TPSA) is 36.9 Å². The molecule has 0 aliphatic carbocycles. The molecule has 0 saturated carbocycles. The first-order chi connectivity index (χ1) is 15.1. The number of fused-ring (bicyclic) bond motifs is 1. The number of allylic oxidation sites excluding steroid dienone is 1. The minimum Gasteiger partial charge on any atom is -0.493 e. The Morgan fingerprint density at radius 1 is 0.935 bits per heavy atom. The number of rotatable bonds is 8. The molecule has 4 rings (SSSR count). The highest BCUT2D eigenvalue weighted by Crippen LogP contribution is 2.49. The summed E-state index contributed by atoms with van der Waals surface area (Å²) in [6, 6.07) is 20.3. The van der Waals surface area contributed by atoms with Crippen LogP contribution in [0.2, 0.25) is 0 Å². The van der Waals surface area contributed by atoms with Crippen molar-refractivity contribution in [2.24, 2.45) is 0 Å². The molecule has 0 N–H and O–H groups in total. The molecule has 31 heavy (non-hydrogen) atoms. The Labute approximate surface area is 184 Å². The van der Waals surface area contributed by atoms with E-state index in [4.69, 9.17) is 18.9 Å². The zero-order chi connectivity index (χ0) is 21.8. The third-order valence-corrected chi connectivity index (χ3v) is 5.73. The average molecular weight is 417 g/mol. The van der Waals surface area contributed by atoms with Crippen molar-refractivity contribution >= 4 is 0 Å². The fraction of sp³-hybridized carbons (Fsp3) is 0.259. The summed E-state index contributed by atoms with van der Waals surface area (Å²) in [4.78, 5) is 0. The van der Waals surface area contributed by atoms with Crippen molar-refractivity contribution in [1.29, 1.82) is 0 Å². The molecule has 1 unspecified atom stereocenters. The molecule has 4 heteroatoms. The molecular formula is C27H28O4. The maximum atomic E-state index is 6.40. The lowest BCUT2D eigenvalue weighted by Gasteiger charge is -2.17. The SMILES string of the molecule is C=CCc1cc2c(cc1OCc1ccccc1)OC(c1ccc(OC)c(OC)c1)[C@H]2C. The summed E-state index contributed by atoms with van der Waals surface area (Å²) in [5.41, 5.74) is 4.49. The van der Waals surface area contributed by atoms with Crippen LogP contribution in [0.1, 0.15) is 41.2 Å². The van der Waals surface area contributed by atoms with Gasteiger partial charge in [0.2, 0.25) is 0 Å². The smallest absolute Gasteiger partial charge is 0.161 e. The standard InChI is InChI=1S/C27H28O4/c1-5-9-20-14-22-18(2)27(21-12-13-23(28-3)26(15-21)29-4)31-25(22)16-24(20)30-17-19-10-7-6-8-11-19/h5-8,10-16,18,27H,1,9,17H2,2-4H3/t18-,27?/m0/s1. The van der Waals surface area contributed by atoms with E-state index >= 15 is 0 Å². The predicted octanol–water partition coefficient (Wildman–Crippen LogP) is 6.25. The van der Waals surface area contributed by atoms with Gasteiger partial charge in [-0.15, -0.1) is 6.58 Å². The number of ether oxygens (including phenoxy) is 4. The summed E-state index contributed by atoms with van der Waals surface area (Å²) in [5.74, 6) is 3.30. The fourth-order valence-corrected chi connectivity index (χ4v) is 4.06. The second-order valence-electron chi connectivity index (χ2n) is 7.71. The van der Waals surface area contributed by atoms with E-state index < -0.39 is 0 Å². The van der Waals surface area contributed by atoms with Crippen LogP contribution < -0.4 is 18.9 Å². The zero-order valence-electron chi connectivity index (χ0n) is 18.3. The molecule has 1 aliphatic heterocycles. The maximum absolute atomic E-state index is 6.40. The molecule has 0 spiro atoms. The largest absolute Gasteiger partial charge is 0.493 e. The molecule has 1 heterocycles. The molecule has 2 atom stereocenters. The normalized spacial score (nSPS) is 16.9. The van der Waals surface area contributed by atoms with Crippen LogP contribution in [0.4, 0.5) is 0 Å². The number of methoxy groups -OCH3 is 2. The summed E-state index contributed by atoms with van der Waals surface area (Å²) in [6.45, 7) is 6.62. The summed E-state index contributed by atoms with van der Waals surface area (Å²) in [7, 11) is 3.29. The second-order valence-corrected chi connectivity index (χ2v) is 7.71. The molecule has 0 amide bonds. The van der Waals surface area contributed by atoms with Crippen LogP contribution in [0.15, 0.2) is 73.3 Å². The minimum atomic E-state index is -0.101. The van der Waals surface area contributed by atoms with Crippen LogP contribution in [0.25, 0.3) is 0 Å². The van der Waals surface area contributed by atoms with Crippen molar-refractivity contribution in [3.8, 4) is 23.0 Å². The summed E-state index contributed by atoms with van der Waals surface area (Å²) < 4.78 is 23.4. The van der Waals surface area contributed by atoms with Gasteiger partial charge >= 0.3 is 0 Å². The zero-order valence-corrected chi connectivity index (χ0v) is 18.3. The van der Waals surface area contributed by atoms with Crippen LogP contribution in [0.3, 0.4) is 0 Å². The second kappa shape index (κ2) is 9.17. The van der Waals surface area contributed by atoms with Crippen molar-refractivity contribution in [3.63, 3.8) is 0 Å². The molecule has 4 nitrogen and oxygen atoms in total. The van der Waals surface area contributed by atoms with Gasteiger partial charge in [0.15, 0.2) is 11.5 Å². The van der Waals surface area contributed by atoms with E-state index in [1.807, 2.05) is 48.5 Å². The van der Waals surface area contributed by atoms with Gasteiger partial charge in [0.1, 0.15) is 24.2 Å².